The van der Waals surface area contributed by atoms with Crippen molar-refractivity contribution in [2.45, 2.75) is 32.7 Å². The van der Waals surface area contributed by atoms with Crippen LogP contribution in [0.15, 0.2) is 48.3 Å². The Hall–Kier alpha value is -3.19. The van der Waals surface area contributed by atoms with Gasteiger partial charge in [-0.3, -0.25) is 14.6 Å². The monoisotopic (exact) mass is 437 g/mol. The molecule has 1 saturated heterocycles. The minimum absolute atomic E-state index is 0.0963. The minimum atomic E-state index is -0.677. The lowest BCUT2D eigenvalue weighted by atomic mass is 9.95. The summed E-state index contributed by atoms with van der Waals surface area (Å²) >= 11 is 0. The van der Waals surface area contributed by atoms with E-state index in [9.17, 15) is 14.7 Å². The standard InChI is InChI=1S/C25H31N3O4/c1-5-6-15-32-20-8-7-19(16-17(20)2)23(29)21-22(18-9-11-26-12-10-18)28(14-13-27(3)4)25(31)24(21)30/h7-12,16,22,29H,5-6,13-15H2,1-4H3/b23-21+. The van der Waals surface area contributed by atoms with Crippen LogP contribution in [0.1, 0.15) is 42.5 Å². The number of aromatic nitrogens is 1. The number of pyridine rings is 1. The molecule has 2 aromatic rings. The summed E-state index contributed by atoms with van der Waals surface area (Å²) in [4.78, 5) is 33.4. The number of carbonyl (C=O) groups is 2. The number of unbranched alkanes of at least 4 members (excludes halogenated alkanes) is 1. The van der Waals surface area contributed by atoms with Crippen LogP contribution in [0.2, 0.25) is 0 Å². The van der Waals surface area contributed by atoms with E-state index in [-0.39, 0.29) is 11.3 Å². The second-order valence-corrected chi connectivity index (χ2v) is 8.26. The number of ether oxygens (including phenoxy) is 1. The zero-order chi connectivity index (χ0) is 23.3. The van der Waals surface area contributed by atoms with Gasteiger partial charge in [-0.05, 0) is 68.9 Å². The molecule has 1 amide bonds. The molecule has 7 heteroatoms. The molecule has 0 spiro atoms. The number of likely N-dealkylation sites (N-methyl/N-ethyl adjacent to an activating group) is 1. The molecular weight excluding hydrogens is 406 g/mol. The fraction of sp³-hybridized carbons (Fsp3) is 0.400. The highest BCUT2D eigenvalue weighted by atomic mass is 16.5. The lowest BCUT2D eigenvalue weighted by Crippen LogP contribution is -2.35. The molecule has 1 aliphatic rings. The van der Waals surface area contributed by atoms with Crippen LogP contribution in [-0.2, 0) is 9.59 Å². The molecule has 0 aliphatic carbocycles. The first-order valence-corrected chi connectivity index (χ1v) is 10.9. The summed E-state index contributed by atoms with van der Waals surface area (Å²) in [6.07, 6.45) is 5.24. The largest absolute Gasteiger partial charge is 0.507 e. The maximum absolute atomic E-state index is 13.0. The Morgan fingerprint density at radius 1 is 1.19 bits per heavy atom. The Kier molecular flexibility index (Phi) is 7.64. The van der Waals surface area contributed by atoms with E-state index in [1.807, 2.05) is 25.9 Å². The van der Waals surface area contributed by atoms with E-state index in [0.717, 1.165) is 29.7 Å². The number of Topliss-reactive ketones (excluding diaryl/α,β-unsaturated/α-hetero) is 1. The van der Waals surface area contributed by atoms with E-state index in [2.05, 4.69) is 11.9 Å². The average molecular weight is 438 g/mol. The van der Waals surface area contributed by atoms with E-state index in [0.29, 0.717) is 25.3 Å². The number of amides is 1. The molecule has 1 N–H and O–H groups in total. The van der Waals surface area contributed by atoms with E-state index < -0.39 is 17.7 Å². The first-order chi connectivity index (χ1) is 15.3. The summed E-state index contributed by atoms with van der Waals surface area (Å²) in [5.74, 6) is -0.719. The van der Waals surface area contributed by atoms with Gasteiger partial charge in [-0.15, -0.1) is 0 Å². The van der Waals surface area contributed by atoms with Gasteiger partial charge in [0.25, 0.3) is 11.7 Å². The minimum Gasteiger partial charge on any atom is -0.507 e. The van der Waals surface area contributed by atoms with Crippen LogP contribution in [0.5, 0.6) is 5.75 Å². The Balaban J connectivity index is 2.03. The van der Waals surface area contributed by atoms with Crippen molar-refractivity contribution in [2.24, 2.45) is 0 Å². The van der Waals surface area contributed by atoms with Gasteiger partial charge in [-0.1, -0.05) is 13.3 Å². The Bertz CT molecular complexity index is 1000. The van der Waals surface area contributed by atoms with Crippen molar-refractivity contribution in [1.82, 2.24) is 14.8 Å². The highest BCUT2D eigenvalue weighted by Gasteiger charge is 2.45. The lowest BCUT2D eigenvalue weighted by molar-refractivity contribution is -0.140. The second kappa shape index (κ2) is 10.4. The van der Waals surface area contributed by atoms with E-state index in [1.165, 1.54) is 4.90 Å². The normalized spacial score (nSPS) is 17.9. The van der Waals surface area contributed by atoms with Gasteiger partial charge in [-0.25, -0.2) is 0 Å². The third kappa shape index (κ3) is 4.99. The number of rotatable bonds is 9. The zero-order valence-electron chi connectivity index (χ0n) is 19.2. The number of carbonyl (C=O) groups excluding carboxylic acids is 2. The highest BCUT2D eigenvalue weighted by Crippen LogP contribution is 2.39. The third-order valence-electron chi connectivity index (χ3n) is 5.55. The molecule has 170 valence electrons. The molecule has 1 aromatic heterocycles. The summed E-state index contributed by atoms with van der Waals surface area (Å²) in [6, 6.07) is 8.17. The highest BCUT2D eigenvalue weighted by molar-refractivity contribution is 6.46. The molecule has 0 saturated carbocycles. The van der Waals surface area contributed by atoms with Crippen molar-refractivity contribution in [1.29, 1.82) is 0 Å². The van der Waals surface area contributed by atoms with Crippen molar-refractivity contribution >= 4 is 17.4 Å². The molecule has 0 radical (unpaired) electrons. The topological polar surface area (TPSA) is 83.0 Å². The number of hydrogen-bond acceptors (Lipinski definition) is 6. The van der Waals surface area contributed by atoms with Crippen LogP contribution >= 0.6 is 0 Å². The number of aliphatic hydroxyl groups excluding tert-OH is 1. The molecule has 1 aromatic carbocycles. The van der Waals surface area contributed by atoms with E-state index >= 15 is 0 Å². The smallest absolute Gasteiger partial charge is 0.295 e. The van der Waals surface area contributed by atoms with Crippen molar-refractivity contribution in [3.05, 3.63) is 65.0 Å². The first kappa shape index (κ1) is 23.5. The van der Waals surface area contributed by atoms with Gasteiger partial charge in [0.05, 0.1) is 18.2 Å². The van der Waals surface area contributed by atoms with Gasteiger partial charge >= 0.3 is 0 Å². The number of nitrogens with zero attached hydrogens (tertiary/aromatic N) is 3. The number of ketones is 1. The predicted octanol–water partition coefficient (Wildman–Crippen LogP) is 3.55. The fourth-order valence-electron chi connectivity index (χ4n) is 3.75. The summed E-state index contributed by atoms with van der Waals surface area (Å²) in [7, 11) is 3.82. The second-order valence-electron chi connectivity index (χ2n) is 8.26. The Morgan fingerprint density at radius 2 is 1.91 bits per heavy atom. The van der Waals surface area contributed by atoms with Gasteiger partial charge in [0.1, 0.15) is 11.5 Å². The number of aryl methyl sites for hydroxylation is 1. The molecule has 32 heavy (non-hydrogen) atoms. The van der Waals surface area contributed by atoms with E-state index in [4.69, 9.17) is 4.74 Å². The fourth-order valence-corrected chi connectivity index (χ4v) is 3.75. The summed E-state index contributed by atoms with van der Waals surface area (Å²) in [5, 5.41) is 11.2. The summed E-state index contributed by atoms with van der Waals surface area (Å²) < 4.78 is 5.80. The van der Waals surface area contributed by atoms with E-state index in [1.54, 1.807) is 42.7 Å². The lowest BCUT2D eigenvalue weighted by Gasteiger charge is -2.26. The van der Waals surface area contributed by atoms with Crippen molar-refractivity contribution < 1.29 is 19.4 Å². The number of aliphatic hydroxyl groups is 1. The SMILES string of the molecule is CCCCOc1ccc(/C(O)=C2\C(=O)C(=O)N(CCN(C)C)C2c2ccncc2)cc1C. The molecular formula is C25H31N3O4. The number of benzene rings is 1. The summed E-state index contributed by atoms with van der Waals surface area (Å²) in [5.41, 5.74) is 2.16. The molecule has 0 bridgehead atoms. The number of likely N-dealkylation sites (tertiary alicyclic amines) is 1. The molecule has 1 unspecified atom stereocenters. The van der Waals surface area contributed by atoms with Crippen LogP contribution in [0, 0.1) is 6.92 Å². The quantitative estimate of drug-likeness (QED) is 0.280. The molecule has 1 aliphatic heterocycles. The maximum atomic E-state index is 13.0. The molecule has 1 fully saturated rings. The molecule has 7 nitrogen and oxygen atoms in total. The van der Waals surface area contributed by atoms with Crippen LogP contribution in [0.3, 0.4) is 0 Å². The maximum Gasteiger partial charge on any atom is 0.295 e. The first-order valence-electron chi connectivity index (χ1n) is 10.9. The molecule has 2 heterocycles. The summed E-state index contributed by atoms with van der Waals surface area (Å²) in [6.45, 7) is 5.59. The van der Waals surface area contributed by atoms with Gasteiger partial charge < -0.3 is 19.6 Å². The van der Waals surface area contributed by atoms with Gasteiger partial charge in [0.15, 0.2) is 0 Å². The van der Waals surface area contributed by atoms with Crippen LogP contribution in [-0.4, -0.2) is 65.4 Å². The van der Waals surface area contributed by atoms with Gasteiger partial charge in [-0.2, -0.15) is 0 Å². The van der Waals surface area contributed by atoms with Crippen molar-refractivity contribution in [3.8, 4) is 5.75 Å². The van der Waals surface area contributed by atoms with Crippen LogP contribution in [0.4, 0.5) is 0 Å². The van der Waals surface area contributed by atoms with Crippen LogP contribution < -0.4 is 4.74 Å². The third-order valence-corrected chi connectivity index (χ3v) is 5.55. The molecule has 3 rings (SSSR count). The van der Waals surface area contributed by atoms with Gasteiger partial charge in [0.2, 0.25) is 0 Å². The van der Waals surface area contributed by atoms with Crippen LogP contribution in [0.25, 0.3) is 5.76 Å². The predicted molar refractivity (Wildman–Crippen MR) is 123 cm³/mol. The molecule has 1 atom stereocenters. The average Bonchev–Trinajstić information content (AvgIpc) is 3.03. The Morgan fingerprint density at radius 3 is 2.53 bits per heavy atom. The van der Waals surface area contributed by atoms with Crippen molar-refractivity contribution in [2.75, 3.05) is 33.8 Å². The Labute approximate surface area is 189 Å². The zero-order valence-corrected chi connectivity index (χ0v) is 19.2. The van der Waals surface area contributed by atoms with Gasteiger partial charge in [0, 0.05) is 31.0 Å². The number of hydrogen-bond donors (Lipinski definition) is 1. The van der Waals surface area contributed by atoms with Crippen molar-refractivity contribution in [3.63, 3.8) is 0 Å².